The number of likely N-dealkylation sites (tertiary alicyclic amines) is 1. The highest BCUT2D eigenvalue weighted by molar-refractivity contribution is 6.31. The van der Waals surface area contributed by atoms with E-state index in [9.17, 15) is 20.4 Å². The highest BCUT2D eigenvalue weighted by Gasteiger charge is 2.44. The average molecular weight is 550 g/mol. The number of nitrogens with zero attached hydrogens (tertiary/aromatic N) is 1. The standard InChI is InChI=1S/C29H40ClNO7/c1-2-36-23(16-31-12-4-3-5-13-31)18-37-22-9-6-19(7-10-22)14-21-15-20(8-11-24(21)30)29-28(35)27(34)26(33)25(17-32)38-29/h6-11,15,23,25-29,32-35H,2-5,12-14,16-18H2,1H3/t23-,25+,26+,27-,28+,29-/m0/s1. The van der Waals surface area contributed by atoms with Gasteiger partial charge in [-0.2, -0.15) is 0 Å². The Kier molecular flexibility index (Phi) is 10.8. The summed E-state index contributed by atoms with van der Waals surface area (Å²) in [4.78, 5) is 2.46. The van der Waals surface area contributed by atoms with Gasteiger partial charge in [0.1, 0.15) is 49.0 Å². The van der Waals surface area contributed by atoms with E-state index in [4.69, 9.17) is 25.8 Å². The van der Waals surface area contributed by atoms with Gasteiger partial charge in [0.2, 0.25) is 0 Å². The Hall–Kier alpha value is -1.75. The van der Waals surface area contributed by atoms with Gasteiger partial charge in [-0.25, -0.2) is 0 Å². The molecule has 9 heteroatoms. The smallest absolute Gasteiger partial charge is 0.119 e. The maximum Gasteiger partial charge on any atom is 0.119 e. The highest BCUT2D eigenvalue weighted by Crippen LogP contribution is 2.34. The van der Waals surface area contributed by atoms with Crippen LogP contribution in [0.2, 0.25) is 5.02 Å². The second kappa shape index (κ2) is 14.1. The molecule has 2 heterocycles. The minimum Gasteiger partial charge on any atom is -0.491 e. The summed E-state index contributed by atoms with van der Waals surface area (Å²) in [5.41, 5.74) is 2.46. The number of hydrogen-bond donors (Lipinski definition) is 4. The van der Waals surface area contributed by atoms with E-state index in [2.05, 4.69) is 4.90 Å². The lowest BCUT2D eigenvalue weighted by molar-refractivity contribution is -0.231. The maximum absolute atomic E-state index is 10.5. The summed E-state index contributed by atoms with van der Waals surface area (Å²) in [5.74, 6) is 0.776. The first-order valence-electron chi connectivity index (χ1n) is 13.5. The van der Waals surface area contributed by atoms with Crippen LogP contribution in [0.15, 0.2) is 42.5 Å². The van der Waals surface area contributed by atoms with Crippen molar-refractivity contribution in [3.63, 3.8) is 0 Å². The fraction of sp³-hybridized carbons (Fsp3) is 0.586. The highest BCUT2D eigenvalue weighted by atomic mass is 35.5. The van der Waals surface area contributed by atoms with Crippen molar-refractivity contribution in [2.24, 2.45) is 0 Å². The third-order valence-electron chi connectivity index (χ3n) is 7.36. The van der Waals surface area contributed by atoms with E-state index in [0.29, 0.717) is 30.2 Å². The number of piperidine rings is 1. The van der Waals surface area contributed by atoms with Gasteiger partial charge in [-0.3, -0.25) is 0 Å². The Morgan fingerprint density at radius 3 is 2.42 bits per heavy atom. The van der Waals surface area contributed by atoms with Crippen molar-refractivity contribution < 1.29 is 34.6 Å². The predicted molar refractivity (Wildman–Crippen MR) is 145 cm³/mol. The summed E-state index contributed by atoms with van der Waals surface area (Å²) >= 11 is 6.48. The van der Waals surface area contributed by atoms with Crippen LogP contribution in [-0.2, 0) is 15.9 Å². The third kappa shape index (κ3) is 7.46. The summed E-state index contributed by atoms with van der Waals surface area (Å²) in [6.45, 7) is 5.82. The molecule has 210 valence electrons. The molecule has 4 N–H and O–H groups in total. The van der Waals surface area contributed by atoms with Gasteiger partial charge < -0.3 is 39.5 Å². The van der Waals surface area contributed by atoms with Gasteiger partial charge in [0.25, 0.3) is 0 Å². The van der Waals surface area contributed by atoms with E-state index >= 15 is 0 Å². The van der Waals surface area contributed by atoms with Gasteiger partial charge in [0.05, 0.1) is 6.61 Å². The van der Waals surface area contributed by atoms with E-state index in [0.717, 1.165) is 36.5 Å². The zero-order valence-electron chi connectivity index (χ0n) is 21.9. The average Bonchev–Trinajstić information content (AvgIpc) is 2.93. The minimum atomic E-state index is -1.43. The number of rotatable bonds is 11. The van der Waals surface area contributed by atoms with Crippen LogP contribution in [0.5, 0.6) is 5.75 Å². The van der Waals surface area contributed by atoms with Gasteiger partial charge in [-0.15, -0.1) is 0 Å². The van der Waals surface area contributed by atoms with Crippen molar-refractivity contribution in [1.82, 2.24) is 4.90 Å². The molecule has 6 atom stereocenters. The van der Waals surface area contributed by atoms with Crippen molar-refractivity contribution in [1.29, 1.82) is 0 Å². The van der Waals surface area contributed by atoms with Crippen LogP contribution >= 0.6 is 11.6 Å². The molecule has 0 unspecified atom stereocenters. The van der Waals surface area contributed by atoms with Gasteiger partial charge >= 0.3 is 0 Å². The molecule has 2 saturated heterocycles. The minimum absolute atomic E-state index is 0.0294. The number of hydrogen-bond acceptors (Lipinski definition) is 8. The van der Waals surface area contributed by atoms with Crippen molar-refractivity contribution >= 4 is 11.6 Å². The molecule has 0 radical (unpaired) electrons. The lowest BCUT2D eigenvalue weighted by Gasteiger charge is -2.40. The summed E-state index contributed by atoms with van der Waals surface area (Å²) in [7, 11) is 0. The molecule has 8 nitrogen and oxygen atoms in total. The van der Waals surface area contributed by atoms with Crippen molar-refractivity contribution in [3.8, 4) is 5.75 Å². The lowest BCUT2D eigenvalue weighted by atomic mass is 9.90. The second-order valence-corrected chi connectivity index (χ2v) is 10.6. The summed E-state index contributed by atoms with van der Waals surface area (Å²) in [5, 5.41) is 40.8. The molecule has 2 aliphatic rings. The fourth-order valence-corrected chi connectivity index (χ4v) is 5.40. The topological polar surface area (TPSA) is 112 Å². The second-order valence-electron chi connectivity index (χ2n) is 10.2. The Morgan fingerprint density at radius 1 is 1.00 bits per heavy atom. The van der Waals surface area contributed by atoms with E-state index in [1.165, 1.54) is 19.3 Å². The largest absolute Gasteiger partial charge is 0.491 e. The molecule has 0 amide bonds. The van der Waals surface area contributed by atoms with E-state index < -0.39 is 37.1 Å². The first-order chi connectivity index (χ1) is 18.4. The maximum atomic E-state index is 10.5. The first kappa shape index (κ1) is 29.2. The third-order valence-corrected chi connectivity index (χ3v) is 7.73. The SMILES string of the molecule is CCO[C@H](COc1ccc(Cc2cc([C@@H]3O[C@H](CO)[C@@H](O)[C@H](O)[C@H]3O)ccc2Cl)cc1)CN1CCCCC1. The number of aliphatic hydroxyl groups is 4. The molecule has 2 aliphatic heterocycles. The quantitative estimate of drug-likeness (QED) is 0.338. The van der Waals surface area contributed by atoms with Crippen LogP contribution < -0.4 is 4.74 Å². The number of aliphatic hydroxyl groups excluding tert-OH is 4. The van der Waals surface area contributed by atoms with Crippen LogP contribution in [0, 0.1) is 0 Å². The molecule has 2 aromatic rings. The van der Waals surface area contributed by atoms with Crippen LogP contribution in [-0.4, -0.2) is 95.3 Å². The summed E-state index contributed by atoms with van der Waals surface area (Å²) < 4.78 is 17.7. The van der Waals surface area contributed by atoms with Crippen LogP contribution in [0.25, 0.3) is 0 Å². The normalized spacial score (nSPS) is 27.3. The van der Waals surface area contributed by atoms with E-state index in [-0.39, 0.29) is 6.10 Å². The number of benzene rings is 2. The molecular formula is C29H40ClNO7. The first-order valence-corrected chi connectivity index (χ1v) is 13.9. The molecular weight excluding hydrogens is 510 g/mol. The molecule has 0 saturated carbocycles. The molecule has 0 bridgehead atoms. The Labute approximate surface area is 229 Å². The number of halogens is 1. The number of ether oxygens (including phenoxy) is 3. The molecule has 38 heavy (non-hydrogen) atoms. The van der Waals surface area contributed by atoms with Gasteiger partial charge in [0.15, 0.2) is 0 Å². The van der Waals surface area contributed by atoms with Crippen molar-refractivity contribution in [2.75, 3.05) is 39.5 Å². The molecule has 2 fully saturated rings. The summed E-state index contributed by atoms with van der Waals surface area (Å²) in [6, 6.07) is 13.1. The zero-order chi connectivity index (χ0) is 27.1. The molecule has 4 rings (SSSR count). The van der Waals surface area contributed by atoms with Gasteiger partial charge in [-0.1, -0.05) is 42.3 Å². The Morgan fingerprint density at radius 2 is 1.74 bits per heavy atom. The predicted octanol–water partition coefficient (Wildman–Crippen LogP) is 2.72. The fourth-order valence-electron chi connectivity index (χ4n) is 5.22. The Bertz CT molecular complexity index is 999. The summed E-state index contributed by atoms with van der Waals surface area (Å²) in [6.07, 6.45) is -1.66. The van der Waals surface area contributed by atoms with Crippen molar-refractivity contribution in [2.45, 2.75) is 69.2 Å². The molecule has 0 aliphatic carbocycles. The lowest BCUT2D eigenvalue weighted by Crippen LogP contribution is -2.55. The van der Waals surface area contributed by atoms with Gasteiger partial charge in [0, 0.05) is 18.2 Å². The molecule has 0 aromatic heterocycles. The zero-order valence-corrected chi connectivity index (χ0v) is 22.7. The van der Waals surface area contributed by atoms with Crippen LogP contribution in [0.4, 0.5) is 0 Å². The molecule has 0 spiro atoms. The van der Waals surface area contributed by atoms with Crippen molar-refractivity contribution in [3.05, 3.63) is 64.2 Å². The van der Waals surface area contributed by atoms with Gasteiger partial charge in [-0.05, 0) is 74.2 Å². The Balaban J connectivity index is 1.37. The van der Waals surface area contributed by atoms with Crippen LogP contribution in [0.3, 0.4) is 0 Å². The van der Waals surface area contributed by atoms with Crippen LogP contribution in [0.1, 0.15) is 49.0 Å². The monoisotopic (exact) mass is 549 g/mol. The van der Waals surface area contributed by atoms with E-state index in [1.54, 1.807) is 12.1 Å². The molecule has 2 aromatic carbocycles. The van der Waals surface area contributed by atoms with E-state index in [1.807, 2.05) is 37.3 Å².